The molecular formula is C8H9F3N2O2. The number of nitrogens with two attached hydrogens (primary N) is 1. The Morgan fingerprint density at radius 2 is 1.87 bits per heavy atom. The fourth-order valence-corrected chi connectivity index (χ4v) is 1.03. The second-order valence-corrected chi connectivity index (χ2v) is 2.53. The van der Waals surface area contributed by atoms with Gasteiger partial charge in [0.15, 0.2) is 5.75 Å². The van der Waals surface area contributed by atoms with Crippen molar-refractivity contribution >= 4 is 5.69 Å². The summed E-state index contributed by atoms with van der Waals surface area (Å²) in [5.41, 5.74) is 2.03. The summed E-state index contributed by atoms with van der Waals surface area (Å²) in [6.07, 6.45) is -4.77. The van der Waals surface area contributed by atoms with Crippen molar-refractivity contribution in [3.8, 4) is 11.5 Å². The van der Waals surface area contributed by atoms with Crippen LogP contribution in [0.2, 0.25) is 0 Å². The molecule has 0 unspecified atom stereocenters. The molecule has 0 radical (unpaired) electrons. The molecule has 1 aromatic carbocycles. The van der Waals surface area contributed by atoms with Crippen LogP contribution in [0.25, 0.3) is 0 Å². The van der Waals surface area contributed by atoms with Crippen LogP contribution in [0.5, 0.6) is 11.5 Å². The fourth-order valence-electron chi connectivity index (χ4n) is 1.03. The molecule has 4 nitrogen and oxygen atoms in total. The Kier molecular flexibility index (Phi) is 3.25. The van der Waals surface area contributed by atoms with Gasteiger partial charge in [-0.15, -0.1) is 13.2 Å². The maximum absolute atomic E-state index is 12.0. The van der Waals surface area contributed by atoms with Crippen LogP contribution in [0.4, 0.5) is 18.9 Å². The molecule has 0 aliphatic heterocycles. The molecule has 0 fully saturated rings. The third kappa shape index (κ3) is 2.91. The van der Waals surface area contributed by atoms with E-state index in [1.165, 1.54) is 19.2 Å². The molecule has 0 spiro atoms. The number of nitrogens with one attached hydrogen (secondary N) is 1. The lowest BCUT2D eigenvalue weighted by Gasteiger charge is -2.14. The molecule has 0 amide bonds. The summed E-state index contributed by atoms with van der Waals surface area (Å²) in [4.78, 5) is 0. The summed E-state index contributed by atoms with van der Waals surface area (Å²) >= 11 is 0. The average Bonchev–Trinajstić information content (AvgIpc) is 2.15. The van der Waals surface area contributed by atoms with Crippen LogP contribution in [0.1, 0.15) is 0 Å². The van der Waals surface area contributed by atoms with Gasteiger partial charge >= 0.3 is 6.36 Å². The van der Waals surface area contributed by atoms with E-state index in [4.69, 9.17) is 10.6 Å². The first-order valence-corrected chi connectivity index (χ1v) is 3.87. The Morgan fingerprint density at radius 3 is 2.33 bits per heavy atom. The van der Waals surface area contributed by atoms with Gasteiger partial charge in [0.25, 0.3) is 0 Å². The topological polar surface area (TPSA) is 56.5 Å². The van der Waals surface area contributed by atoms with E-state index in [2.05, 4.69) is 10.2 Å². The van der Waals surface area contributed by atoms with Crippen molar-refractivity contribution in [2.75, 3.05) is 12.5 Å². The minimum atomic E-state index is -4.77. The summed E-state index contributed by atoms with van der Waals surface area (Å²) < 4.78 is 44.4. The highest BCUT2D eigenvalue weighted by Crippen LogP contribution is 2.36. The van der Waals surface area contributed by atoms with E-state index in [9.17, 15) is 13.2 Å². The summed E-state index contributed by atoms with van der Waals surface area (Å²) in [6.45, 7) is 0. The number of benzene rings is 1. The van der Waals surface area contributed by atoms with Crippen molar-refractivity contribution < 1.29 is 22.6 Å². The number of rotatable bonds is 3. The lowest BCUT2D eigenvalue weighted by Crippen LogP contribution is -2.19. The highest BCUT2D eigenvalue weighted by atomic mass is 19.4. The highest BCUT2D eigenvalue weighted by molar-refractivity contribution is 5.65. The molecule has 84 valence electrons. The van der Waals surface area contributed by atoms with Crippen LogP contribution in [-0.4, -0.2) is 13.5 Å². The smallest absolute Gasteiger partial charge is 0.494 e. The van der Waals surface area contributed by atoms with Crippen LogP contribution in [0, 0.1) is 0 Å². The van der Waals surface area contributed by atoms with Gasteiger partial charge in [0, 0.05) is 0 Å². The van der Waals surface area contributed by atoms with E-state index in [-0.39, 0.29) is 11.4 Å². The number of para-hydroxylation sites is 1. The molecule has 3 N–H and O–H groups in total. The Labute approximate surface area is 83.7 Å². The third-order valence-electron chi connectivity index (χ3n) is 1.58. The molecule has 1 aromatic rings. The molecule has 0 bridgehead atoms. The monoisotopic (exact) mass is 222 g/mol. The molecule has 0 aliphatic rings. The summed E-state index contributed by atoms with van der Waals surface area (Å²) in [5, 5.41) is 0. The molecule has 15 heavy (non-hydrogen) atoms. The summed E-state index contributed by atoms with van der Waals surface area (Å²) in [6, 6.07) is 3.95. The third-order valence-corrected chi connectivity index (χ3v) is 1.58. The predicted molar refractivity (Wildman–Crippen MR) is 47.5 cm³/mol. The molecular weight excluding hydrogens is 213 g/mol. The van der Waals surface area contributed by atoms with Crippen LogP contribution in [0.15, 0.2) is 18.2 Å². The van der Waals surface area contributed by atoms with Gasteiger partial charge in [-0.2, -0.15) is 0 Å². The van der Waals surface area contributed by atoms with Crippen molar-refractivity contribution in [3.05, 3.63) is 18.2 Å². The van der Waals surface area contributed by atoms with Gasteiger partial charge in [-0.25, -0.2) is 0 Å². The maximum atomic E-state index is 12.0. The SMILES string of the molecule is COc1cccc(OC(F)(F)F)c1NN. The van der Waals surface area contributed by atoms with E-state index < -0.39 is 12.1 Å². The number of hydrazine groups is 1. The molecule has 7 heteroatoms. The van der Waals surface area contributed by atoms with Crippen molar-refractivity contribution in [1.82, 2.24) is 0 Å². The van der Waals surface area contributed by atoms with Gasteiger partial charge in [-0.05, 0) is 12.1 Å². The highest BCUT2D eigenvalue weighted by Gasteiger charge is 2.32. The standard InChI is InChI=1S/C8H9F3N2O2/c1-14-5-3-2-4-6(7(5)13-12)15-8(9,10)11/h2-4,13H,12H2,1H3. The zero-order valence-electron chi connectivity index (χ0n) is 7.76. The summed E-state index contributed by atoms with van der Waals surface area (Å²) in [5.74, 6) is 4.79. The van der Waals surface area contributed by atoms with E-state index in [1.54, 1.807) is 0 Å². The number of hydrogen-bond acceptors (Lipinski definition) is 4. The second-order valence-electron chi connectivity index (χ2n) is 2.53. The van der Waals surface area contributed by atoms with Crippen molar-refractivity contribution in [2.45, 2.75) is 6.36 Å². The zero-order chi connectivity index (χ0) is 11.5. The molecule has 0 heterocycles. The number of anilines is 1. The van der Waals surface area contributed by atoms with E-state index in [0.717, 1.165) is 6.07 Å². The van der Waals surface area contributed by atoms with Gasteiger partial charge < -0.3 is 14.9 Å². The Hall–Kier alpha value is -1.63. The molecule has 0 aliphatic carbocycles. The Bertz CT molecular complexity index is 341. The van der Waals surface area contributed by atoms with Crippen molar-refractivity contribution in [2.24, 2.45) is 5.84 Å². The lowest BCUT2D eigenvalue weighted by molar-refractivity contribution is -0.274. The number of alkyl halides is 3. The van der Waals surface area contributed by atoms with Gasteiger partial charge in [-0.1, -0.05) is 6.07 Å². The minimum absolute atomic E-state index is 0.0580. The first-order valence-electron chi connectivity index (χ1n) is 3.87. The number of hydrogen-bond donors (Lipinski definition) is 2. The number of ether oxygens (including phenoxy) is 2. The Morgan fingerprint density at radius 1 is 1.27 bits per heavy atom. The number of methoxy groups -OCH3 is 1. The number of nitrogen functional groups attached to an aromatic ring is 1. The molecule has 0 atom stereocenters. The fraction of sp³-hybridized carbons (Fsp3) is 0.250. The van der Waals surface area contributed by atoms with Gasteiger partial charge in [-0.3, -0.25) is 5.84 Å². The lowest BCUT2D eigenvalue weighted by atomic mass is 10.3. The molecule has 1 rings (SSSR count). The zero-order valence-corrected chi connectivity index (χ0v) is 7.76. The molecule has 0 aromatic heterocycles. The van der Waals surface area contributed by atoms with Crippen molar-refractivity contribution in [3.63, 3.8) is 0 Å². The average molecular weight is 222 g/mol. The van der Waals surface area contributed by atoms with Gasteiger partial charge in [0.1, 0.15) is 11.4 Å². The first-order chi connectivity index (χ1) is 6.98. The number of halogens is 3. The normalized spacial score (nSPS) is 11.0. The van der Waals surface area contributed by atoms with Crippen LogP contribution < -0.4 is 20.7 Å². The Balaban J connectivity index is 3.06. The predicted octanol–water partition coefficient (Wildman–Crippen LogP) is 1.88. The molecule has 0 saturated carbocycles. The van der Waals surface area contributed by atoms with Crippen LogP contribution in [-0.2, 0) is 0 Å². The van der Waals surface area contributed by atoms with E-state index in [0.29, 0.717) is 0 Å². The molecule has 0 saturated heterocycles. The second kappa shape index (κ2) is 4.26. The van der Waals surface area contributed by atoms with E-state index in [1.807, 2.05) is 0 Å². The largest absolute Gasteiger partial charge is 0.573 e. The van der Waals surface area contributed by atoms with Crippen molar-refractivity contribution in [1.29, 1.82) is 0 Å². The van der Waals surface area contributed by atoms with E-state index >= 15 is 0 Å². The minimum Gasteiger partial charge on any atom is -0.494 e. The van der Waals surface area contributed by atoms with Gasteiger partial charge in [0.05, 0.1) is 7.11 Å². The van der Waals surface area contributed by atoms with Crippen LogP contribution in [0.3, 0.4) is 0 Å². The summed E-state index contributed by atoms with van der Waals surface area (Å²) in [7, 11) is 1.31. The first kappa shape index (κ1) is 11.4. The van der Waals surface area contributed by atoms with Gasteiger partial charge in [0.2, 0.25) is 0 Å². The maximum Gasteiger partial charge on any atom is 0.573 e. The van der Waals surface area contributed by atoms with Crippen LogP contribution >= 0.6 is 0 Å². The quantitative estimate of drug-likeness (QED) is 0.605.